The Hall–Kier alpha value is -1.92. The summed E-state index contributed by atoms with van der Waals surface area (Å²) >= 11 is 0. The van der Waals surface area contributed by atoms with Gasteiger partial charge in [0.1, 0.15) is 0 Å². The molecule has 0 bridgehead atoms. The molecule has 7 heteroatoms. The highest BCUT2D eigenvalue weighted by molar-refractivity contribution is 5.77. The molecule has 1 aromatic heterocycles. The van der Waals surface area contributed by atoms with Gasteiger partial charge in [0.2, 0.25) is 17.7 Å². The third-order valence-electron chi connectivity index (χ3n) is 7.12. The second kappa shape index (κ2) is 9.26. The van der Waals surface area contributed by atoms with E-state index in [1.165, 1.54) is 32.1 Å². The van der Waals surface area contributed by atoms with Gasteiger partial charge < -0.3 is 14.3 Å². The number of rotatable bonds is 8. The lowest BCUT2D eigenvalue weighted by molar-refractivity contribution is -0.133. The first-order valence-electron chi connectivity index (χ1n) is 11.5. The van der Waals surface area contributed by atoms with E-state index in [9.17, 15) is 9.59 Å². The van der Waals surface area contributed by atoms with E-state index in [-0.39, 0.29) is 17.9 Å². The molecule has 1 unspecified atom stereocenters. The van der Waals surface area contributed by atoms with Crippen molar-refractivity contribution in [1.82, 2.24) is 19.9 Å². The van der Waals surface area contributed by atoms with Gasteiger partial charge in [-0.05, 0) is 31.6 Å². The zero-order valence-electron chi connectivity index (χ0n) is 17.6. The second-order valence-corrected chi connectivity index (χ2v) is 9.11. The van der Waals surface area contributed by atoms with Crippen molar-refractivity contribution in [3.05, 3.63) is 11.7 Å². The molecule has 2 aliphatic carbocycles. The fraction of sp³-hybridized carbons (Fsp3) is 0.818. The maximum Gasteiger partial charge on any atom is 0.229 e. The average molecular weight is 403 g/mol. The van der Waals surface area contributed by atoms with E-state index in [1.54, 1.807) is 6.92 Å². The van der Waals surface area contributed by atoms with Gasteiger partial charge >= 0.3 is 0 Å². The summed E-state index contributed by atoms with van der Waals surface area (Å²) in [6.45, 7) is 3.60. The van der Waals surface area contributed by atoms with Crippen LogP contribution in [0.3, 0.4) is 0 Å². The first-order chi connectivity index (χ1) is 14.1. The quantitative estimate of drug-likeness (QED) is 0.666. The van der Waals surface area contributed by atoms with Crippen LogP contribution in [0.4, 0.5) is 0 Å². The van der Waals surface area contributed by atoms with Crippen molar-refractivity contribution in [1.29, 1.82) is 0 Å². The molecule has 1 saturated heterocycles. The smallest absolute Gasteiger partial charge is 0.229 e. The zero-order valence-corrected chi connectivity index (χ0v) is 17.6. The van der Waals surface area contributed by atoms with Gasteiger partial charge in [-0.3, -0.25) is 9.59 Å². The van der Waals surface area contributed by atoms with Crippen molar-refractivity contribution in [3.63, 3.8) is 0 Å². The van der Waals surface area contributed by atoms with Crippen LogP contribution in [0.5, 0.6) is 0 Å². The zero-order chi connectivity index (χ0) is 20.2. The lowest BCUT2D eigenvalue weighted by atomic mass is 9.85. The monoisotopic (exact) mass is 402 g/mol. The highest BCUT2D eigenvalue weighted by Crippen LogP contribution is 2.35. The van der Waals surface area contributed by atoms with E-state index in [2.05, 4.69) is 10.1 Å². The Labute approximate surface area is 173 Å². The third-order valence-corrected chi connectivity index (χ3v) is 7.12. The topological polar surface area (TPSA) is 79.5 Å². The molecule has 3 aliphatic rings. The molecular formula is C22H34N4O3. The number of carbonyl (C=O) groups is 2. The fourth-order valence-corrected chi connectivity index (χ4v) is 5.02. The van der Waals surface area contributed by atoms with Gasteiger partial charge in [-0.2, -0.15) is 4.98 Å². The molecule has 2 saturated carbocycles. The summed E-state index contributed by atoms with van der Waals surface area (Å²) in [6, 6.07) is 0.0981. The summed E-state index contributed by atoms with van der Waals surface area (Å²) < 4.78 is 5.39. The lowest BCUT2D eigenvalue weighted by Crippen LogP contribution is -2.42. The van der Waals surface area contributed by atoms with Crippen LogP contribution >= 0.6 is 0 Å². The molecule has 1 aliphatic heterocycles. The van der Waals surface area contributed by atoms with Gasteiger partial charge in [-0.15, -0.1) is 0 Å². The molecule has 160 valence electrons. The van der Waals surface area contributed by atoms with E-state index in [1.807, 2.05) is 9.80 Å². The minimum Gasteiger partial charge on any atom is -0.341 e. The predicted molar refractivity (Wildman–Crippen MR) is 108 cm³/mol. The molecule has 0 radical (unpaired) electrons. The molecule has 29 heavy (non-hydrogen) atoms. The minimum absolute atomic E-state index is 0.0537. The van der Waals surface area contributed by atoms with Crippen molar-refractivity contribution in [2.75, 3.05) is 19.6 Å². The van der Waals surface area contributed by atoms with Crippen LogP contribution in [-0.2, 0) is 16.0 Å². The molecule has 3 fully saturated rings. The summed E-state index contributed by atoms with van der Waals surface area (Å²) in [6.07, 6.45) is 11.8. The molecule has 2 heterocycles. The molecule has 0 spiro atoms. The summed E-state index contributed by atoms with van der Waals surface area (Å²) in [5.74, 6) is 2.91. The number of carbonyl (C=O) groups excluding carboxylic acids is 2. The lowest BCUT2D eigenvalue weighted by Gasteiger charge is -2.27. The van der Waals surface area contributed by atoms with Crippen LogP contribution in [0.15, 0.2) is 4.52 Å². The summed E-state index contributed by atoms with van der Waals surface area (Å²) in [7, 11) is 0. The van der Waals surface area contributed by atoms with E-state index >= 15 is 0 Å². The largest absolute Gasteiger partial charge is 0.341 e. The highest BCUT2D eigenvalue weighted by atomic mass is 16.5. The molecule has 7 nitrogen and oxygen atoms in total. The van der Waals surface area contributed by atoms with Gasteiger partial charge in [0.25, 0.3) is 0 Å². The van der Waals surface area contributed by atoms with Crippen LogP contribution < -0.4 is 0 Å². The van der Waals surface area contributed by atoms with E-state index in [0.717, 1.165) is 44.0 Å². The Kier molecular flexibility index (Phi) is 6.50. The van der Waals surface area contributed by atoms with Crippen molar-refractivity contribution in [3.8, 4) is 0 Å². The predicted octanol–water partition coefficient (Wildman–Crippen LogP) is 3.30. The van der Waals surface area contributed by atoms with Crippen LogP contribution in [0.25, 0.3) is 0 Å². The maximum absolute atomic E-state index is 12.6. The van der Waals surface area contributed by atoms with Gasteiger partial charge in [-0.1, -0.05) is 37.3 Å². The Morgan fingerprint density at radius 1 is 1.14 bits per heavy atom. The SMILES string of the molecule is CC(=O)N(CCc1noc(C2CCC2)n1)C1CCN(C(=O)CCC2CCCC2)C1. The number of amides is 2. The van der Waals surface area contributed by atoms with Gasteiger partial charge in [0.05, 0.1) is 6.04 Å². The summed E-state index contributed by atoms with van der Waals surface area (Å²) in [4.78, 5) is 33.2. The molecule has 1 aromatic rings. The van der Waals surface area contributed by atoms with Crippen LogP contribution in [0, 0.1) is 5.92 Å². The highest BCUT2D eigenvalue weighted by Gasteiger charge is 2.32. The Balaban J connectivity index is 1.25. The van der Waals surface area contributed by atoms with Crippen molar-refractivity contribution in [2.24, 2.45) is 5.92 Å². The molecule has 4 rings (SSSR count). The molecule has 1 atom stereocenters. The fourth-order valence-electron chi connectivity index (χ4n) is 5.02. The average Bonchev–Trinajstić information content (AvgIpc) is 3.40. The van der Waals surface area contributed by atoms with Gasteiger partial charge in [0.15, 0.2) is 5.82 Å². The van der Waals surface area contributed by atoms with E-state index in [4.69, 9.17) is 4.52 Å². The first kappa shape index (κ1) is 20.4. The molecule has 2 amide bonds. The second-order valence-electron chi connectivity index (χ2n) is 9.11. The molecule has 0 aromatic carbocycles. The van der Waals surface area contributed by atoms with Gasteiger partial charge in [-0.25, -0.2) is 0 Å². The van der Waals surface area contributed by atoms with Crippen LogP contribution in [0.2, 0.25) is 0 Å². The maximum atomic E-state index is 12.6. The van der Waals surface area contributed by atoms with Crippen molar-refractivity contribution >= 4 is 11.8 Å². The van der Waals surface area contributed by atoms with Crippen LogP contribution in [-0.4, -0.2) is 57.4 Å². The Morgan fingerprint density at radius 3 is 2.62 bits per heavy atom. The molecule has 0 N–H and O–H groups in total. The van der Waals surface area contributed by atoms with E-state index in [0.29, 0.717) is 37.7 Å². The number of hydrogen-bond acceptors (Lipinski definition) is 5. The first-order valence-corrected chi connectivity index (χ1v) is 11.5. The Morgan fingerprint density at radius 2 is 1.93 bits per heavy atom. The summed E-state index contributed by atoms with van der Waals surface area (Å²) in [5, 5.41) is 4.09. The van der Waals surface area contributed by atoms with Crippen LogP contribution in [0.1, 0.15) is 88.8 Å². The minimum atomic E-state index is 0.0537. The third kappa shape index (κ3) is 4.98. The summed E-state index contributed by atoms with van der Waals surface area (Å²) in [5.41, 5.74) is 0. The van der Waals surface area contributed by atoms with E-state index < -0.39 is 0 Å². The van der Waals surface area contributed by atoms with Gasteiger partial charge in [0, 0.05) is 45.3 Å². The Bertz CT molecular complexity index is 709. The number of nitrogens with zero attached hydrogens (tertiary/aromatic N) is 4. The van der Waals surface area contributed by atoms with Crippen molar-refractivity contribution < 1.29 is 14.1 Å². The number of hydrogen-bond donors (Lipinski definition) is 0. The number of likely N-dealkylation sites (tertiary alicyclic amines) is 1. The van der Waals surface area contributed by atoms with Crippen molar-refractivity contribution in [2.45, 2.75) is 89.5 Å². The number of aromatic nitrogens is 2. The standard InChI is InChI=1S/C22H34N4O3/c1-16(27)26(14-12-20-23-22(29-24-20)18-7-4-8-18)19-11-13-25(15-19)21(28)10-9-17-5-2-3-6-17/h17-19H,2-15H2,1H3. The normalized spacial score (nSPS) is 22.8. The molecular weight excluding hydrogens is 368 g/mol.